The third-order valence-electron chi connectivity index (χ3n) is 7.26. The average molecular weight is 568 g/mol. The van der Waals surface area contributed by atoms with Gasteiger partial charge in [-0.15, -0.1) is 0 Å². The molecule has 0 unspecified atom stereocenters. The quantitative estimate of drug-likeness (QED) is 0.285. The van der Waals surface area contributed by atoms with Crippen LogP contribution in [0.1, 0.15) is 54.4 Å². The Hall–Kier alpha value is -3.02. The summed E-state index contributed by atoms with van der Waals surface area (Å²) in [5.74, 6) is 0.195. The molecule has 5 nitrogen and oxygen atoms in total. The number of nitrogens with zero attached hydrogens (tertiary/aromatic N) is 1. The highest BCUT2D eigenvalue weighted by atomic mass is 35.5. The Morgan fingerprint density at radius 2 is 1.72 bits per heavy atom. The van der Waals surface area contributed by atoms with Crippen molar-refractivity contribution >= 4 is 35.0 Å². The van der Waals surface area contributed by atoms with Crippen molar-refractivity contribution in [1.29, 1.82) is 0 Å². The topological polar surface area (TPSA) is 58.6 Å². The molecule has 0 aliphatic heterocycles. The minimum atomic E-state index is -0.740. The van der Waals surface area contributed by atoms with Crippen LogP contribution in [0.3, 0.4) is 0 Å². The minimum absolute atomic E-state index is 0.118. The summed E-state index contributed by atoms with van der Waals surface area (Å²) in [6.45, 7) is 3.92. The first-order valence-electron chi connectivity index (χ1n) is 13.6. The SMILES string of the molecule is Cc1ccc(OCC(=O)N(Cc2ccc(Cl)cc2Cl)[C@H](Cc2ccccc2)C(=O)NC2CCCCC2)c(C)c1. The number of benzene rings is 3. The lowest BCUT2D eigenvalue weighted by atomic mass is 9.94. The Bertz CT molecular complexity index is 1280. The van der Waals surface area contributed by atoms with Crippen LogP contribution in [0.15, 0.2) is 66.7 Å². The zero-order valence-electron chi connectivity index (χ0n) is 22.6. The Kier molecular flexibility index (Phi) is 10.3. The highest BCUT2D eigenvalue weighted by Gasteiger charge is 2.32. The number of hydrogen-bond acceptors (Lipinski definition) is 3. The number of carbonyl (C=O) groups is 2. The van der Waals surface area contributed by atoms with E-state index in [9.17, 15) is 9.59 Å². The van der Waals surface area contributed by atoms with Gasteiger partial charge in [0.05, 0.1) is 0 Å². The van der Waals surface area contributed by atoms with Gasteiger partial charge in [0, 0.05) is 29.1 Å². The Morgan fingerprint density at radius 1 is 0.974 bits per heavy atom. The number of aryl methyl sites for hydroxylation is 2. The molecule has 1 atom stereocenters. The molecule has 0 bridgehead atoms. The van der Waals surface area contributed by atoms with Crippen molar-refractivity contribution < 1.29 is 14.3 Å². The summed E-state index contributed by atoms with van der Waals surface area (Å²) in [6, 6.07) is 20.2. The number of ether oxygens (including phenoxy) is 1. The van der Waals surface area contributed by atoms with Crippen molar-refractivity contribution in [2.24, 2.45) is 0 Å². The number of rotatable bonds is 10. The lowest BCUT2D eigenvalue weighted by Gasteiger charge is -2.33. The van der Waals surface area contributed by atoms with Crippen molar-refractivity contribution in [1.82, 2.24) is 10.2 Å². The van der Waals surface area contributed by atoms with Crippen LogP contribution in [0.2, 0.25) is 10.0 Å². The van der Waals surface area contributed by atoms with Crippen LogP contribution in [-0.2, 0) is 22.6 Å². The fourth-order valence-corrected chi connectivity index (χ4v) is 5.58. The second kappa shape index (κ2) is 13.9. The Balaban J connectivity index is 1.64. The van der Waals surface area contributed by atoms with Crippen molar-refractivity contribution in [2.45, 2.75) is 71.0 Å². The van der Waals surface area contributed by atoms with Gasteiger partial charge >= 0.3 is 0 Å². The molecular formula is C32H36Cl2N2O3. The smallest absolute Gasteiger partial charge is 0.261 e. The molecule has 7 heteroatoms. The third-order valence-corrected chi connectivity index (χ3v) is 7.85. The predicted molar refractivity (Wildman–Crippen MR) is 157 cm³/mol. The molecule has 1 fully saturated rings. The van der Waals surface area contributed by atoms with Gasteiger partial charge in [-0.05, 0) is 61.6 Å². The second-order valence-corrected chi connectivity index (χ2v) is 11.2. The maximum absolute atomic E-state index is 13.9. The zero-order chi connectivity index (χ0) is 27.8. The predicted octanol–water partition coefficient (Wildman–Crippen LogP) is 7.08. The molecule has 39 heavy (non-hydrogen) atoms. The van der Waals surface area contributed by atoms with E-state index in [2.05, 4.69) is 5.32 Å². The lowest BCUT2D eigenvalue weighted by Crippen LogP contribution is -2.53. The fourth-order valence-electron chi connectivity index (χ4n) is 5.12. The molecule has 1 N–H and O–H groups in total. The minimum Gasteiger partial charge on any atom is -0.483 e. The van der Waals surface area contributed by atoms with Gasteiger partial charge < -0.3 is 15.0 Å². The number of carbonyl (C=O) groups excluding carboxylic acids is 2. The van der Waals surface area contributed by atoms with Gasteiger partial charge in [0.2, 0.25) is 5.91 Å². The molecule has 0 heterocycles. The monoisotopic (exact) mass is 566 g/mol. The Morgan fingerprint density at radius 3 is 2.41 bits per heavy atom. The molecule has 2 amide bonds. The molecule has 0 aromatic heterocycles. The van der Waals surface area contributed by atoms with Crippen LogP contribution in [0.5, 0.6) is 5.75 Å². The standard InChI is InChI=1S/C32H36Cl2N2O3/c1-22-13-16-30(23(2)17-22)39-21-31(37)36(20-25-14-15-26(33)19-28(25)34)29(18-24-9-5-3-6-10-24)32(38)35-27-11-7-4-8-12-27/h3,5-6,9-10,13-17,19,27,29H,4,7-8,11-12,18,20-21H2,1-2H3,(H,35,38)/t29-/m1/s1. The van der Waals surface area contributed by atoms with Crippen molar-refractivity contribution in [3.8, 4) is 5.75 Å². The molecule has 1 aliphatic rings. The first kappa shape index (κ1) is 29.0. The molecule has 4 rings (SSSR count). The number of halogens is 2. The lowest BCUT2D eigenvalue weighted by molar-refractivity contribution is -0.143. The fraction of sp³-hybridized carbons (Fsp3) is 0.375. The molecule has 0 saturated heterocycles. The van der Waals surface area contributed by atoms with Gasteiger partial charge in [-0.25, -0.2) is 0 Å². The second-order valence-electron chi connectivity index (χ2n) is 10.4. The van der Waals surface area contributed by atoms with E-state index in [0.717, 1.165) is 42.4 Å². The molecule has 3 aromatic carbocycles. The van der Waals surface area contributed by atoms with E-state index in [1.807, 2.05) is 62.4 Å². The van der Waals surface area contributed by atoms with Crippen LogP contribution in [-0.4, -0.2) is 35.4 Å². The molecule has 206 valence electrons. The van der Waals surface area contributed by atoms with Gasteiger partial charge in [0.15, 0.2) is 6.61 Å². The summed E-state index contributed by atoms with van der Waals surface area (Å²) in [6.07, 6.45) is 5.67. The Labute approximate surface area is 241 Å². The van der Waals surface area contributed by atoms with Crippen molar-refractivity contribution in [3.63, 3.8) is 0 Å². The van der Waals surface area contributed by atoms with E-state index >= 15 is 0 Å². The summed E-state index contributed by atoms with van der Waals surface area (Å²) < 4.78 is 5.97. The zero-order valence-corrected chi connectivity index (χ0v) is 24.1. The molecule has 1 aliphatic carbocycles. The van der Waals surface area contributed by atoms with Crippen LogP contribution >= 0.6 is 23.2 Å². The highest BCUT2D eigenvalue weighted by molar-refractivity contribution is 6.35. The maximum atomic E-state index is 13.9. The van der Waals surface area contributed by atoms with Crippen LogP contribution in [0, 0.1) is 13.8 Å². The van der Waals surface area contributed by atoms with Crippen molar-refractivity contribution in [2.75, 3.05) is 6.61 Å². The van der Waals surface area contributed by atoms with Crippen LogP contribution in [0.4, 0.5) is 0 Å². The summed E-state index contributed by atoms with van der Waals surface area (Å²) >= 11 is 12.7. The van der Waals surface area contributed by atoms with E-state index < -0.39 is 6.04 Å². The average Bonchev–Trinajstić information content (AvgIpc) is 2.92. The van der Waals surface area contributed by atoms with Gasteiger partial charge in [0.1, 0.15) is 11.8 Å². The summed E-state index contributed by atoms with van der Waals surface area (Å²) in [5.41, 5.74) is 3.75. The normalized spacial score (nSPS) is 14.5. The van der Waals surface area contributed by atoms with Gasteiger partial charge in [-0.3, -0.25) is 9.59 Å². The van der Waals surface area contributed by atoms with E-state index in [0.29, 0.717) is 27.8 Å². The molecule has 1 saturated carbocycles. The van der Waals surface area contributed by atoms with E-state index in [4.69, 9.17) is 27.9 Å². The number of nitrogens with one attached hydrogen (secondary N) is 1. The van der Waals surface area contributed by atoms with E-state index in [1.54, 1.807) is 23.1 Å². The molecule has 0 spiro atoms. The van der Waals surface area contributed by atoms with Crippen LogP contribution in [0.25, 0.3) is 0 Å². The van der Waals surface area contributed by atoms with Crippen LogP contribution < -0.4 is 10.1 Å². The number of amides is 2. The van der Waals surface area contributed by atoms with Gasteiger partial charge in [-0.2, -0.15) is 0 Å². The highest BCUT2D eigenvalue weighted by Crippen LogP contribution is 2.25. The summed E-state index contributed by atoms with van der Waals surface area (Å²) in [7, 11) is 0. The third kappa shape index (κ3) is 8.23. The van der Waals surface area contributed by atoms with Gasteiger partial charge in [0.25, 0.3) is 5.91 Å². The van der Waals surface area contributed by atoms with E-state index in [-0.39, 0.29) is 31.0 Å². The number of hydrogen-bond donors (Lipinski definition) is 1. The van der Waals surface area contributed by atoms with Crippen molar-refractivity contribution in [3.05, 3.63) is 99.0 Å². The maximum Gasteiger partial charge on any atom is 0.261 e. The molecular weight excluding hydrogens is 531 g/mol. The van der Waals surface area contributed by atoms with E-state index in [1.165, 1.54) is 6.42 Å². The molecule has 0 radical (unpaired) electrons. The largest absolute Gasteiger partial charge is 0.483 e. The first-order chi connectivity index (χ1) is 18.8. The van der Waals surface area contributed by atoms with Gasteiger partial charge in [-0.1, -0.05) is 96.6 Å². The first-order valence-corrected chi connectivity index (χ1v) is 14.3. The summed E-state index contributed by atoms with van der Waals surface area (Å²) in [4.78, 5) is 29.3. The summed E-state index contributed by atoms with van der Waals surface area (Å²) in [5, 5.41) is 4.20. The molecule has 3 aromatic rings.